The first-order chi connectivity index (χ1) is 16.4. The summed E-state index contributed by atoms with van der Waals surface area (Å²) in [5.74, 6) is 0.688. The van der Waals surface area contributed by atoms with Crippen LogP contribution in [0.3, 0.4) is 0 Å². The fourth-order valence-corrected chi connectivity index (χ4v) is 4.23. The van der Waals surface area contributed by atoms with E-state index in [2.05, 4.69) is 27.2 Å². The van der Waals surface area contributed by atoms with Gasteiger partial charge in [-0.05, 0) is 49.6 Å². The first kappa shape index (κ1) is 23.2. The number of methoxy groups -OCH3 is 1. The van der Waals surface area contributed by atoms with E-state index < -0.39 is 5.97 Å². The summed E-state index contributed by atoms with van der Waals surface area (Å²) in [6, 6.07) is 9.47. The van der Waals surface area contributed by atoms with Gasteiger partial charge < -0.3 is 19.9 Å². The van der Waals surface area contributed by atoms with Crippen LogP contribution in [0.4, 0.5) is 5.82 Å². The number of fused-ring (bicyclic) bond motifs is 1. The lowest BCUT2D eigenvalue weighted by atomic mass is 9.73. The quantitative estimate of drug-likeness (QED) is 0.541. The van der Waals surface area contributed by atoms with Crippen LogP contribution in [0, 0.1) is 5.41 Å². The molecular formula is C26H28N4O4. The summed E-state index contributed by atoms with van der Waals surface area (Å²) in [6.07, 6.45) is 8.59. The molecule has 0 saturated heterocycles. The molecule has 0 fully saturated rings. The van der Waals surface area contributed by atoms with Gasteiger partial charge in [0.2, 0.25) is 0 Å². The Kier molecular flexibility index (Phi) is 6.77. The molecule has 2 aliphatic rings. The van der Waals surface area contributed by atoms with E-state index in [1.807, 2.05) is 49.6 Å². The van der Waals surface area contributed by atoms with E-state index in [1.165, 1.54) is 0 Å². The van der Waals surface area contributed by atoms with Crippen molar-refractivity contribution in [1.82, 2.24) is 9.97 Å². The van der Waals surface area contributed by atoms with E-state index in [1.54, 1.807) is 19.2 Å². The first-order valence-corrected chi connectivity index (χ1v) is 11.2. The molecule has 1 aliphatic heterocycles. The van der Waals surface area contributed by atoms with Crippen LogP contribution in [0.25, 0.3) is 11.3 Å². The van der Waals surface area contributed by atoms with Gasteiger partial charge in [0.25, 0.3) is 0 Å². The predicted molar refractivity (Wildman–Crippen MR) is 131 cm³/mol. The Morgan fingerprint density at radius 2 is 1.94 bits per heavy atom. The molecule has 1 unspecified atom stereocenters. The molecule has 2 aromatic rings. The van der Waals surface area contributed by atoms with Gasteiger partial charge in [-0.1, -0.05) is 24.3 Å². The second-order valence-electron chi connectivity index (χ2n) is 8.28. The number of anilines is 1. The number of ether oxygens (including phenoxy) is 2. The van der Waals surface area contributed by atoms with Crippen molar-refractivity contribution in [3.05, 3.63) is 71.2 Å². The average molecular weight is 461 g/mol. The maximum Gasteiger partial charge on any atom is 0.318 e. The summed E-state index contributed by atoms with van der Waals surface area (Å²) < 4.78 is 11.3. The van der Waals surface area contributed by atoms with Gasteiger partial charge >= 0.3 is 12.0 Å². The number of nitrogens with zero attached hydrogens (tertiary/aromatic N) is 3. The summed E-state index contributed by atoms with van der Waals surface area (Å²) in [6.45, 7) is 5.13. The number of aromatic nitrogens is 2. The zero-order valence-corrected chi connectivity index (χ0v) is 19.5. The van der Waals surface area contributed by atoms with Gasteiger partial charge in [-0.2, -0.15) is 9.97 Å². The highest BCUT2D eigenvalue weighted by molar-refractivity contribution is 5.81. The standard InChI is InChI=1S/C26H28N4O4/c1-4-34-25-29-21(18-7-5-17(6-8-18)15-24(31)32)16-23(30-25)28-14-12-26(2)19-11-13-27-20(19)9-10-22(26)33-3/h5-11,13,16H,4,12,14-15H2,1-3H3,(H,31,32)(H,28,29,30). The minimum Gasteiger partial charge on any atom is -0.500 e. The lowest BCUT2D eigenvalue weighted by Crippen LogP contribution is -2.28. The average Bonchev–Trinajstić information content (AvgIpc) is 3.30. The molecule has 2 heterocycles. The molecule has 1 aromatic carbocycles. The normalized spacial score (nSPS) is 18.5. The second-order valence-corrected chi connectivity index (χ2v) is 8.28. The Bertz CT molecular complexity index is 1200. The van der Waals surface area contributed by atoms with Gasteiger partial charge in [-0.15, -0.1) is 0 Å². The monoisotopic (exact) mass is 460 g/mol. The number of carboxylic acid groups (broad SMARTS) is 1. The summed E-state index contributed by atoms with van der Waals surface area (Å²) >= 11 is 0. The third-order valence-electron chi connectivity index (χ3n) is 6.00. The lowest BCUT2D eigenvalue weighted by molar-refractivity contribution is -0.136. The third-order valence-corrected chi connectivity index (χ3v) is 6.00. The van der Waals surface area contributed by atoms with E-state index in [0.717, 1.165) is 34.6 Å². The molecule has 0 spiro atoms. The Morgan fingerprint density at radius 1 is 1.15 bits per heavy atom. The SMILES string of the molecule is CCOc1nc(NCCC2(C)C(OC)=CC=C3N=CC=C32)cc(-c2ccc(CC(=O)O)cc2)n1. The number of benzene rings is 1. The minimum absolute atomic E-state index is 0.0177. The van der Waals surface area contributed by atoms with Gasteiger partial charge in [-0.25, -0.2) is 0 Å². The van der Waals surface area contributed by atoms with Crippen molar-refractivity contribution in [2.75, 3.05) is 25.6 Å². The Morgan fingerprint density at radius 3 is 2.65 bits per heavy atom. The van der Waals surface area contributed by atoms with Gasteiger partial charge in [-0.3, -0.25) is 9.79 Å². The van der Waals surface area contributed by atoms with Gasteiger partial charge in [0, 0.05) is 24.4 Å². The number of hydrogen-bond donors (Lipinski definition) is 2. The van der Waals surface area contributed by atoms with Crippen molar-refractivity contribution in [3.8, 4) is 17.3 Å². The van der Waals surface area contributed by atoms with Crippen LogP contribution < -0.4 is 10.1 Å². The van der Waals surface area contributed by atoms with Crippen molar-refractivity contribution in [1.29, 1.82) is 0 Å². The third kappa shape index (κ3) is 4.85. The number of carboxylic acids is 1. The number of carbonyl (C=O) groups is 1. The molecule has 0 amide bonds. The number of allylic oxidation sites excluding steroid dienone is 5. The van der Waals surface area contributed by atoms with Gasteiger partial charge in [0.15, 0.2) is 0 Å². The molecule has 1 aromatic heterocycles. The highest BCUT2D eigenvalue weighted by Gasteiger charge is 2.38. The first-order valence-electron chi connectivity index (χ1n) is 11.2. The van der Waals surface area contributed by atoms with E-state index >= 15 is 0 Å². The zero-order chi connectivity index (χ0) is 24.1. The molecule has 4 rings (SSSR count). The fourth-order valence-electron chi connectivity index (χ4n) is 4.23. The molecule has 34 heavy (non-hydrogen) atoms. The van der Waals surface area contributed by atoms with E-state index in [0.29, 0.717) is 24.7 Å². The van der Waals surface area contributed by atoms with Crippen LogP contribution in [0.2, 0.25) is 0 Å². The lowest BCUT2D eigenvalue weighted by Gasteiger charge is -2.35. The van der Waals surface area contributed by atoms with Crippen molar-refractivity contribution >= 4 is 18.0 Å². The Balaban J connectivity index is 1.52. The van der Waals surface area contributed by atoms with Crippen LogP contribution in [0.15, 0.2) is 70.6 Å². The van der Waals surface area contributed by atoms with Crippen LogP contribution in [-0.4, -0.2) is 47.5 Å². The fraction of sp³-hybridized carbons (Fsp3) is 0.308. The molecule has 8 heteroatoms. The predicted octanol–water partition coefficient (Wildman–Crippen LogP) is 4.42. The van der Waals surface area contributed by atoms with Crippen molar-refractivity contribution in [3.63, 3.8) is 0 Å². The summed E-state index contributed by atoms with van der Waals surface area (Å²) in [5, 5.41) is 12.4. The molecule has 0 bridgehead atoms. The molecule has 8 nitrogen and oxygen atoms in total. The van der Waals surface area contributed by atoms with Crippen LogP contribution in [0.1, 0.15) is 25.8 Å². The second kappa shape index (κ2) is 9.91. The summed E-state index contributed by atoms with van der Waals surface area (Å²) in [4.78, 5) is 24.4. The largest absolute Gasteiger partial charge is 0.500 e. The zero-order valence-electron chi connectivity index (χ0n) is 19.5. The van der Waals surface area contributed by atoms with E-state index in [4.69, 9.17) is 14.6 Å². The van der Waals surface area contributed by atoms with E-state index in [-0.39, 0.29) is 17.8 Å². The molecule has 1 atom stereocenters. The van der Waals surface area contributed by atoms with Crippen LogP contribution >= 0.6 is 0 Å². The van der Waals surface area contributed by atoms with Crippen molar-refractivity contribution < 1.29 is 19.4 Å². The number of aliphatic carboxylic acids is 1. The number of aliphatic imine (C=N–C) groups is 1. The molecule has 1 aliphatic carbocycles. The maximum absolute atomic E-state index is 11.0. The highest BCUT2D eigenvalue weighted by atomic mass is 16.5. The molecule has 176 valence electrons. The summed E-state index contributed by atoms with van der Waals surface area (Å²) in [7, 11) is 1.69. The van der Waals surface area contributed by atoms with Gasteiger partial charge in [0.05, 0.1) is 36.9 Å². The van der Waals surface area contributed by atoms with Crippen molar-refractivity contribution in [2.24, 2.45) is 10.4 Å². The van der Waals surface area contributed by atoms with Crippen molar-refractivity contribution in [2.45, 2.75) is 26.7 Å². The molecular weight excluding hydrogens is 432 g/mol. The van der Waals surface area contributed by atoms with Crippen LogP contribution in [-0.2, 0) is 16.0 Å². The Hall–Kier alpha value is -3.94. The number of rotatable bonds is 10. The smallest absolute Gasteiger partial charge is 0.318 e. The molecule has 0 saturated carbocycles. The van der Waals surface area contributed by atoms with E-state index in [9.17, 15) is 4.79 Å². The van der Waals surface area contributed by atoms with Crippen LogP contribution in [0.5, 0.6) is 6.01 Å². The maximum atomic E-state index is 11.0. The Labute approximate surface area is 198 Å². The van der Waals surface area contributed by atoms with Gasteiger partial charge in [0.1, 0.15) is 11.6 Å². The molecule has 2 N–H and O–H groups in total. The minimum atomic E-state index is -0.861. The summed E-state index contributed by atoms with van der Waals surface area (Å²) in [5.41, 5.74) is 4.09. The topological polar surface area (TPSA) is 106 Å². The number of hydrogen-bond acceptors (Lipinski definition) is 7. The molecule has 0 radical (unpaired) electrons. The number of nitrogens with one attached hydrogen (secondary N) is 1. The highest BCUT2D eigenvalue weighted by Crippen LogP contribution is 2.46.